The second-order valence-electron chi connectivity index (χ2n) is 13.1. The highest BCUT2D eigenvalue weighted by Crippen LogP contribution is 2.44. The monoisotopic (exact) mass is 569 g/mol. The van der Waals surface area contributed by atoms with Crippen molar-refractivity contribution in [3.63, 3.8) is 0 Å². The quantitative estimate of drug-likeness (QED) is 0.245. The van der Waals surface area contributed by atoms with E-state index < -0.39 is 16.4 Å². The molecule has 11 heteroatoms. The zero-order valence-corrected chi connectivity index (χ0v) is 26.6. The molecule has 2 aliphatic rings. The lowest BCUT2D eigenvalue weighted by Crippen LogP contribution is -2.48. The standard InChI is InChI=1S/C26H44ClN3O5Si2/c1-17(21-22-20(10-11-32-22)34-24(21)35-37(8,9)26(2,3)4)33-25-29-23-19(14-18(27)15-28-23)30(25)16-31-12-13-36(5,6)7/h14-15,17,20-22,24H,10-13,16H2,1-9H3/t17-,20-,21-,22+,24-/m1/s1. The van der Waals surface area contributed by atoms with E-state index >= 15 is 0 Å². The summed E-state index contributed by atoms with van der Waals surface area (Å²) in [5.74, 6) is -0.0840. The minimum Gasteiger partial charge on any atom is -0.461 e. The molecule has 2 saturated heterocycles. The Morgan fingerprint density at radius 3 is 2.62 bits per heavy atom. The van der Waals surface area contributed by atoms with Crippen molar-refractivity contribution in [2.75, 3.05) is 13.2 Å². The zero-order chi connectivity index (χ0) is 27.2. The Bertz CT molecular complexity index is 1080. The Morgan fingerprint density at radius 2 is 1.95 bits per heavy atom. The summed E-state index contributed by atoms with van der Waals surface area (Å²) >= 11 is 6.28. The molecular weight excluding hydrogens is 526 g/mol. The van der Waals surface area contributed by atoms with Crippen LogP contribution in [0.3, 0.4) is 0 Å². The van der Waals surface area contributed by atoms with Crippen LogP contribution in [0.15, 0.2) is 12.3 Å². The number of rotatable bonds is 10. The van der Waals surface area contributed by atoms with E-state index in [0.717, 1.165) is 18.0 Å². The van der Waals surface area contributed by atoms with Crippen LogP contribution in [0.4, 0.5) is 0 Å². The molecule has 0 aromatic carbocycles. The van der Waals surface area contributed by atoms with Crippen molar-refractivity contribution in [1.82, 2.24) is 14.5 Å². The summed E-state index contributed by atoms with van der Waals surface area (Å²) < 4.78 is 33.9. The average molecular weight is 570 g/mol. The fourth-order valence-electron chi connectivity index (χ4n) is 4.53. The summed E-state index contributed by atoms with van der Waals surface area (Å²) in [7, 11) is -3.28. The summed E-state index contributed by atoms with van der Waals surface area (Å²) in [6, 6.07) is 3.39. The number of pyridine rings is 1. The van der Waals surface area contributed by atoms with E-state index in [9.17, 15) is 0 Å². The largest absolute Gasteiger partial charge is 0.461 e. The molecule has 0 amide bonds. The summed E-state index contributed by atoms with van der Waals surface area (Å²) in [6.07, 6.45) is 1.78. The molecule has 4 heterocycles. The lowest BCUT2D eigenvalue weighted by molar-refractivity contribution is -0.116. The third-order valence-corrected chi connectivity index (χ3v) is 14.2. The van der Waals surface area contributed by atoms with Gasteiger partial charge in [-0.3, -0.25) is 4.57 Å². The first-order chi connectivity index (χ1) is 17.2. The SMILES string of the molecule is C[C@@H](Oc1nc2ncc(Cl)cc2n1COCC[Si](C)(C)C)[C@H]1[C@@H](O[Si](C)(C)C(C)(C)C)O[C@@H]2CCO[C@H]12. The Hall–Kier alpha value is -1.02. The van der Waals surface area contributed by atoms with E-state index in [1.54, 1.807) is 6.20 Å². The van der Waals surface area contributed by atoms with Crippen molar-refractivity contribution < 1.29 is 23.4 Å². The summed E-state index contributed by atoms with van der Waals surface area (Å²) in [4.78, 5) is 9.12. The Labute approximate surface area is 228 Å². The van der Waals surface area contributed by atoms with Crippen LogP contribution >= 0.6 is 11.6 Å². The number of hydrogen-bond acceptors (Lipinski definition) is 7. The van der Waals surface area contributed by atoms with Gasteiger partial charge in [-0.15, -0.1) is 0 Å². The van der Waals surface area contributed by atoms with Crippen LogP contribution in [0, 0.1) is 5.92 Å². The second-order valence-corrected chi connectivity index (χ2v) is 23.9. The number of hydrogen-bond donors (Lipinski definition) is 0. The van der Waals surface area contributed by atoms with Gasteiger partial charge in [0.2, 0.25) is 0 Å². The highest BCUT2D eigenvalue weighted by molar-refractivity contribution is 6.76. The highest BCUT2D eigenvalue weighted by atomic mass is 35.5. The molecule has 0 bridgehead atoms. The first kappa shape index (κ1) is 29.0. The van der Waals surface area contributed by atoms with Gasteiger partial charge in [0.05, 0.1) is 28.7 Å². The van der Waals surface area contributed by atoms with Gasteiger partial charge in [-0.1, -0.05) is 52.0 Å². The molecule has 37 heavy (non-hydrogen) atoms. The van der Waals surface area contributed by atoms with Crippen LogP contribution < -0.4 is 4.74 Å². The number of halogens is 1. The minimum atomic E-state index is -2.08. The lowest BCUT2D eigenvalue weighted by atomic mass is 9.95. The van der Waals surface area contributed by atoms with E-state index in [1.807, 2.05) is 10.6 Å². The van der Waals surface area contributed by atoms with E-state index in [4.69, 9.17) is 40.0 Å². The molecular formula is C26H44ClN3O5Si2. The fourth-order valence-corrected chi connectivity index (χ4v) is 6.59. The molecule has 208 valence electrons. The molecule has 0 radical (unpaired) electrons. The Morgan fingerprint density at radius 1 is 1.22 bits per heavy atom. The fraction of sp³-hybridized carbons (Fsp3) is 0.769. The number of ether oxygens (including phenoxy) is 4. The van der Waals surface area contributed by atoms with Gasteiger partial charge in [0.1, 0.15) is 12.8 Å². The number of aromatic nitrogens is 3. The van der Waals surface area contributed by atoms with Crippen molar-refractivity contribution >= 4 is 39.2 Å². The molecule has 0 aliphatic carbocycles. The molecule has 0 spiro atoms. The highest BCUT2D eigenvalue weighted by Gasteiger charge is 2.54. The van der Waals surface area contributed by atoms with Crippen LogP contribution in [-0.2, 0) is 25.4 Å². The molecule has 2 fully saturated rings. The van der Waals surface area contributed by atoms with Gasteiger partial charge in [-0.25, -0.2) is 4.98 Å². The zero-order valence-electron chi connectivity index (χ0n) is 23.8. The van der Waals surface area contributed by atoms with Crippen LogP contribution in [0.5, 0.6) is 6.01 Å². The summed E-state index contributed by atoms with van der Waals surface area (Å²) in [5.41, 5.74) is 1.36. The maximum absolute atomic E-state index is 6.77. The van der Waals surface area contributed by atoms with Gasteiger partial charge in [-0.05, 0) is 43.6 Å². The van der Waals surface area contributed by atoms with Crippen molar-refractivity contribution in [3.05, 3.63) is 17.3 Å². The lowest BCUT2D eigenvalue weighted by Gasteiger charge is -2.40. The Kier molecular flexibility index (Phi) is 8.51. The summed E-state index contributed by atoms with van der Waals surface area (Å²) in [5, 5.41) is 0.611. The molecule has 2 aromatic heterocycles. The molecule has 5 atom stereocenters. The van der Waals surface area contributed by atoms with Gasteiger partial charge in [0, 0.05) is 27.5 Å². The molecule has 0 unspecified atom stereocenters. The Balaban J connectivity index is 1.57. The maximum atomic E-state index is 6.77. The molecule has 2 aromatic rings. The van der Waals surface area contributed by atoms with Gasteiger partial charge < -0.3 is 23.4 Å². The van der Waals surface area contributed by atoms with E-state index in [0.29, 0.717) is 36.6 Å². The maximum Gasteiger partial charge on any atom is 0.301 e. The van der Waals surface area contributed by atoms with Crippen LogP contribution in [0.1, 0.15) is 34.1 Å². The van der Waals surface area contributed by atoms with E-state index in [1.165, 1.54) is 0 Å². The van der Waals surface area contributed by atoms with Crippen LogP contribution in [-0.4, -0.2) is 68.7 Å². The van der Waals surface area contributed by atoms with E-state index in [-0.39, 0.29) is 35.6 Å². The molecule has 8 nitrogen and oxygen atoms in total. The van der Waals surface area contributed by atoms with Crippen molar-refractivity contribution in [3.8, 4) is 6.01 Å². The van der Waals surface area contributed by atoms with Gasteiger partial charge >= 0.3 is 6.01 Å². The number of nitrogens with zero attached hydrogens (tertiary/aromatic N) is 3. The normalized spacial score (nSPS) is 25.6. The molecule has 0 saturated carbocycles. The smallest absolute Gasteiger partial charge is 0.301 e. The summed E-state index contributed by atoms with van der Waals surface area (Å²) in [6.45, 7) is 22.0. The van der Waals surface area contributed by atoms with Crippen LogP contribution in [0.2, 0.25) is 48.8 Å². The van der Waals surface area contributed by atoms with Crippen molar-refractivity contribution in [1.29, 1.82) is 0 Å². The molecule has 0 N–H and O–H groups in total. The predicted molar refractivity (Wildman–Crippen MR) is 152 cm³/mol. The minimum absolute atomic E-state index is 0.0232. The third kappa shape index (κ3) is 6.59. The van der Waals surface area contributed by atoms with Crippen LogP contribution in [0.25, 0.3) is 11.2 Å². The average Bonchev–Trinajstić information content (AvgIpc) is 3.42. The topological polar surface area (TPSA) is 76.9 Å². The third-order valence-electron chi connectivity index (χ3n) is 7.89. The van der Waals surface area contributed by atoms with Gasteiger partial charge in [0.15, 0.2) is 20.3 Å². The van der Waals surface area contributed by atoms with Gasteiger partial charge in [0.25, 0.3) is 0 Å². The molecule has 2 aliphatic heterocycles. The van der Waals surface area contributed by atoms with Gasteiger partial charge in [-0.2, -0.15) is 4.98 Å². The first-order valence-corrected chi connectivity index (χ1v) is 20.4. The van der Waals surface area contributed by atoms with Crippen molar-refractivity contribution in [2.45, 2.75) is 109 Å². The van der Waals surface area contributed by atoms with E-state index in [2.05, 4.69) is 65.4 Å². The van der Waals surface area contributed by atoms with Crippen molar-refractivity contribution in [2.24, 2.45) is 5.92 Å². The predicted octanol–water partition coefficient (Wildman–Crippen LogP) is 6.32. The second kappa shape index (κ2) is 10.9. The molecule has 4 rings (SSSR count). The number of fused-ring (bicyclic) bond motifs is 2. The first-order valence-electron chi connectivity index (χ1n) is 13.4. The number of imidazole rings is 1.